The lowest BCUT2D eigenvalue weighted by atomic mass is 9.88. The Bertz CT molecular complexity index is 528. The second-order valence-corrected chi connectivity index (χ2v) is 5.57. The van der Waals surface area contributed by atoms with Crippen molar-refractivity contribution in [1.29, 1.82) is 0 Å². The summed E-state index contributed by atoms with van der Waals surface area (Å²) in [5.74, 6) is -0.631. The SMILES string of the molecule is COC(c1nc(C)c(CC(=O)O)c(=O)[nH]1)C(C)(C)C. The molecule has 0 amide bonds. The number of H-pyrrole nitrogens is 1. The van der Waals surface area contributed by atoms with Crippen LogP contribution in [0, 0.1) is 12.3 Å². The number of aromatic amines is 1. The summed E-state index contributed by atoms with van der Waals surface area (Å²) < 4.78 is 5.38. The molecule has 6 heteroatoms. The summed E-state index contributed by atoms with van der Waals surface area (Å²) >= 11 is 0. The Hall–Kier alpha value is -1.69. The maximum absolute atomic E-state index is 11.9. The minimum Gasteiger partial charge on any atom is -0.481 e. The van der Waals surface area contributed by atoms with Gasteiger partial charge in [-0.2, -0.15) is 0 Å². The van der Waals surface area contributed by atoms with Gasteiger partial charge in [-0.15, -0.1) is 0 Å². The zero-order chi connectivity index (χ0) is 14.8. The normalized spacial score (nSPS) is 13.3. The van der Waals surface area contributed by atoms with Crippen LogP contribution in [0.3, 0.4) is 0 Å². The van der Waals surface area contributed by atoms with Crippen LogP contribution < -0.4 is 5.56 Å². The molecule has 1 aromatic heterocycles. The van der Waals surface area contributed by atoms with Crippen molar-refractivity contribution in [3.8, 4) is 0 Å². The standard InChI is InChI=1S/C13H20N2O4/c1-7-8(6-9(16)17)12(18)15-11(14-7)10(19-5)13(2,3)4/h10H,6H2,1-5H3,(H,16,17)(H,14,15,18). The predicted octanol–water partition coefficient (Wildman–Crippen LogP) is 1.44. The Morgan fingerprint density at radius 1 is 1.47 bits per heavy atom. The maximum Gasteiger partial charge on any atom is 0.308 e. The summed E-state index contributed by atoms with van der Waals surface area (Å²) in [6.45, 7) is 7.55. The number of carboxylic acids is 1. The van der Waals surface area contributed by atoms with E-state index < -0.39 is 11.5 Å². The highest BCUT2D eigenvalue weighted by Crippen LogP contribution is 2.33. The van der Waals surface area contributed by atoms with Crippen molar-refractivity contribution in [2.24, 2.45) is 5.41 Å². The maximum atomic E-state index is 11.9. The molecule has 6 nitrogen and oxygen atoms in total. The van der Waals surface area contributed by atoms with Crippen LogP contribution in [0.2, 0.25) is 0 Å². The number of hydrogen-bond acceptors (Lipinski definition) is 4. The first-order valence-corrected chi connectivity index (χ1v) is 6.01. The van der Waals surface area contributed by atoms with Gasteiger partial charge in [0.25, 0.3) is 5.56 Å². The summed E-state index contributed by atoms with van der Waals surface area (Å²) in [6, 6.07) is 0. The minimum atomic E-state index is -1.05. The zero-order valence-corrected chi connectivity index (χ0v) is 11.9. The lowest BCUT2D eigenvalue weighted by Gasteiger charge is -2.28. The molecule has 0 aliphatic heterocycles. The van der Waals surface area contributed by atoms with Gasteiger partial charge in [-0.3, -0.25) is 9.59 Å². The molecule has 0 radical (unpaired) electrons. The number of nitrogens with one attached hydrogen (secondary N) is 1. The summed E-state index contributed by atoms with van der Waals surface area (Å²) in [5, 5.41) is 8.76. The molecule has 1 heterocycles. The zero-order valence-electron chi connectivity index (χ0n) is 11.9. The van der Waals surface area contributed by atoms with Crippen LogP contribution in [0.5, 0.6) is 0 Å². The molecule has 0 saturated heterocycles. The van der Waals surface area contributed by atoms with E-state index in [1.807, 2.05) is 20.8 Å². The summed E-state index contributed by atoms with van der Waals surface area (Å²) in [6.07, 6.45) is -0.695. The molecule has 2 N–H and O–H groups in total. The van der Waals surface area contributed by atoms with Crippen LogP contribution in [-0.2, 0) is 16.0 Å². The number of ether oxygens (including phenoxy) is 1. The number of nitrogens with zero attached hydrogens (tertiary/aromatic N) is 1. The molecule has 0 bridgehead atoms. The van der Waals surface area contributed by atoms with E-state index in [0.29, 0.717) is 11.5 Å². The van der Waals surface area contributed by atoms with Gasteiger partial charge in [0.15, 0.2) is 0 Å². The topological polar surface area (TPSA) is 92.3 Å². The third kappa shape index (κ3) is 3.64. The summed E-state index contributed by atoms with van der Waals surface area (Å²) in [4.78, 5) is 29.5. The smallest absolute Gasteiger partial charge is 0.308 e. The summed E-state index contributed by atoms with van der Waals surface area (Å²) in [5.41, 5.74) is -0.0468. The van der Waals surface area contributed by atoms with Crippen molar-refractivity contribution in [2.75, 3.05) is 7.11 Å². The number of rotatable bonds is 4. The first-order valence-electron chi connectivity index (χ1n) is 6.01. The Labute approximate surface area is 111 Å². The van der Waals surface area contributed by atoms with Crippen molar-refractivity contribution in [3.63, 3.8) is 0 Å². The van der Waals surface area contributed by atoms with Crippen molar-refractivity contribution in [1.82, 2.24) is 9.97 Å². The third-order valence-electron chi connectivity index (χ3n) is 2.84. The molecule has 1 unspecified atom stereocenters. The Morgan fingerprint density at radius 3 is 2.42 bits per heavy atom. The van der Waals surface area contributed by atoms with Gasteiger partial charge < -0.3 is 14.8 Å². The van der Waals surface area contributed by atoms with Gasteiger partial charge in [-0.25, -0.2) is 4.98 Å². The van der Waals surface area contributed by atoms with E-state index in [1.54, 1.807) is 14.0 Å². The number of carboxylic acid groups (broad SMARTS) is 1. The molecule has 0 aliphatic carbocycles. The molecule has 1 atom stereocenters. The van der Waals surface area contributed by atoms with E-state index in [0.717, 1.165) is 0 Å². The van der Waals surface area contributed by atoms with Gasteiger partial charge in [0.05, 0.1) is 6.42 Å². The Balaban J connectivity index is 3.28. The number of aliphatic carboxylic acids is 1. The lowest BCUT2D eigenvalue weighted by molar-refractivity contribution is -0.136. The number of hydrogen-bond donors (Lipinski definition) is 2. The molecule has 0 fully saturated rings. The van der Waals surface area contributed by atoms with E-state index in [4.69, 9.17) is 9.84 Å². The first-order chi connectivity index (χ1) is 8.66. The van der Waals surface area contributed by atoms with Gasteiger partial charge in [0.2, 0.25) is 0 Å². The van der Waals surface area contributed by atoms with Crippen molar-refractivity contribution >= 4 is 5.97 Å². The molecule has 0 aliphatic rings. The van der Waals surface area contributed by atoms with Crippen LogP contribution in [0.1, 0.15) is 44.0 Å². The highest BCUT2D eigenvalue weighted by atomic mass is 16.5. The molecule has 19 heavy (non-hydrogen) atoms. The fourth-order valence-electron chi connectivity index (χ4n) is 1.99. The molecular weight excluding hydrogens is 248 g/mol. The molecule has 0 saturated carbocycles. The fourth-order valence-corrected chi connectivity index (χ4v) is 1.99. The highest BCUT2D eigenvalue weighted by molar-refractivity contribution is 5.70. The first kappa shape index (κ1) is 15.4. The van der Waals surface area contributed by atoms with E-state index in [2.05, 4.69) is 9.97 Å². The average molecular weight is 268 g/mol. The molecule has 1 aromatic rings. The van der Waals surface area contributed by atoms with Gasteiger partial charge in [-0.05, 0) is 12.3 Å². The van der Waals surface area contributed by atoms with Crippen LogP contribution in [0.25, 0.3) is 0 Å². The van der Waals surface area contributed by atoms with Crippen molar-refractivity contribution < 1.29 is 14.6 Å². The van der Waals surface area contributed by atoms with Crippen LogP contribution in [0.15, 0.2) is 4.79 Å². The molecule has 1 rings (SSSR count). The largest absolute Gasteiger partial charge is 0.481 e. The molecular formula is C13H20N2O4. The highest BCUT2D eigenvalue weighted by Gasteiger charge is 2.29. The van der Waals surface area contributed by atoms with E-state index in [1.165, 1.54) is 0 Å². The van der Waals surface area contributed by atoms with Gasteiger partial charge in [0.1, 0.15) is 11.9 Å². The van der Waals surface area contributed by atoms with Crippen molar-refractivity contribution in [2.45, 2.75) is 40.2 Å². The van der Waals surface area contributed by atoms with Crippen molar-refractivity contribution in [3.05, 3.63) is 27.4 Å². The molecule has 0 aromatic carbocycles. The second-order valence-electron chi connectivity index (χ2n) is 5.57. The van der Waals surface area contributed by atoms with E-state index in [-0.39, 0.29) is 23.5 Å². The minimum absolute atomic E-state index is 0.181. The number of aromatic nitrogens is 2. The Kier molecular flexibility index (Phi) is 4.47. The Morgan fingerprint density at radius 2 is 2.05 bits per heavy atom. The van der Waals surface area contributed by atoms with Crippen LogP contribution >= 0.6 is 0 Å². The lowest BCUT2D eigenvalue weighted by Crippen LogP contribution is -2.28. The van der Waals surface area contributed by atoms with Crippen LogP contribution in [-0.4, -0.2) is 28.2 Å². The monoisotopic (exact) mass is 268 g/mol. The second kappa shape index (κ2) is 5.52. The van der Waals surface area contributed by atoms with E-state index >= 15 is 0 Å². The number of carbonyl (C=O) groups is 1. The molecule has 0 spiro atoms. The molecule has 106 valence electrons. The van der Waals surface area contributed by atoms with Crippen LogP contribution in [0.4, 0.5) is 0 Å². The van der Waals surface area contributed by atoms with Gasteiger partial charge in [0, 0.05) is 18.4 Å². The quantitative estimate of drug-likeness (QED) is 0.862. The van der Waals surface area contributed by atoms with Gasteiger partial charge in [-0.1, -0.05) is 20.8 Å². The van der Waals surface area contributed by atoms with E-state index in [9.17, 15) is 9.59 Å². The fraction of sp³-hybridized carbons (Fsp3) is 0.615. The predicted molar refractivity (Wildman–Crippen MR) is 70.1 cm³/mol. The van der Waals surface area contributed by atoms with Gasteiger partial charge >= 0.3 is 5.97 Å². The average Bonchev–Trinajstić information content (AvgIpc) is 2.22. The summed E-state index contributed by atoms with van der Waals surface area (Å²) in [7, 11) is 1.55. The third-order valence-corrected chi connectivity index (χ3v) is 2.84. The number of aryl methyl sites for hydroxylation is 1. The number of methoxy groups -OCH3 is 1.